The van der Waals surface area contributed by atoms with Gasteiger partial charge >= 0.3 is 12.1 Å². The maximum atomic E-state index is 13.8. The van der Waals surface area contributed by atoms with Crippen molar-refractivity contribution in [2.24, 2.45) is 0 Å². The molecule has 1 heterocycles. The van der Waals surface area contributed by atoms with Gasteiger partial charge in [0.15, 0.2) is 0 Å². The van der Waals surface area contributed by atoms with E-state index in [2.05, 4.69) is 10.6 Å². The van der Waals surface area contributed by atoms with Gasteiger partial charge in [0.1, 0.15) is 11.8 Å². The van der Waals surface area contributed by atoms with Crippen LogP contribution in [-0.4, -0.2) is 40.6 Å². The lowest BCUT2D eigenvalue weighted by Gasteiger charge is -2.28. The minimum absolute atomic E-state index is 0.105. The van der Waals surface area contributed by atoms with Crippen LogP contribution in [0.4, 0.5) is 10.5 Å². The molecule has 3 N–H and O–H groups in total. The molecule has 1 atom stereocenters. The molecule has 0 saturated carbocycles. The normalized spacial score (nSPS) is 15.0. The molecule has 0 aliphatic carbocycles. The lowest BCUT2D eigenvalue weighted by Crippen LogP contribution is -2.51. The number of rotatable bonds is 8. The third kappa shape index (κ3) is 7.05. The number of carbonyl (C=O) groups excluding carboxylic acids is 3. The van der Waals surface area contributed by atoms with E-state index in [1.165, 1.54) is 6.92 Å². The fraction of sp³-hybridized carbons (Fsp3) is 0.290. The molecule has 1 aliphatic rings. The van der Waals surface area contributed by atoms with E-state index in [9.17, 15) is 19.2 Å². The summed E-state index contributed by atoms with van der Waals surface area (Å²) in [7, 11) is 0. The highest BCUT2D eigenvalue weighted by molar-refractivity contribution is 6.00. The Balaban J connectivity index is 1.55. The van der Waals surface area contributed by atoms with Crippen LogP contribution in [0.5, 0.6) is 5.75 Å². The molecule has 0 radical (unpaired) electrons. The van der Waals surface area contributed by atoms with Crippen molar-refractivity contribution in [3.63, 3.8) is 0 Å². The van der Waals surface area contributed by atoms with Crippen LogP contribution in [-0.2, 0) is 27.3 Å². The molecule has 1 aliphatic heterocycles. The number of nitrogens with one attached hydrogen (secondary N) is 2. The monoisotopic (exact) mass is 543 g/mol. The predicted octanol–water partition coefficient (Wildman–Crippen LogP) is 4.68. The molecule has 0 spiro atoms. The molecule has 0 saturated heterocycles. The van der Waals surface area contributed by atoms with E-state index in [0.717, 1.165) is 27.9 Å². The first-order valence-corrected chi connectivity index (χ1v) is 13.1. The first-order chi connectivity index (χ1) is 19.0. The Kier molecular flexibility index (Phi) is 8.52. The Labute approximate surface area is 233 Å². The average molecular weight is 544 g/mol. The lowest BCUT2D eigenvalue weighted by molar-refractivity contribution is -0.131. The number of anilines is 1. The third-order valence-electron chi connectivity index (χ3n) is 6.68. The summed E-state index contributed by atoms with van der Waals surface area (Å²) >= 11 is 0. The summed E-state index contributed by atoms with van der Waals surface area (Å²) in [6.45, 7) is 4.89. The smallest absolute Gasteiger partial charge is 0.405 e. The number of fused-ring (bicyclic) bond motifs is 1. The van der Waals surface area contributed by atoms with E-state index >= 15 is 0 Å². The van der Waals surface area contributed by atoms with Gasteiger partial charge in [-0.1, -0.05) is 60.7 Å². The van der Waals surface area contributed by atoms with E-state index < -0.39 is 29.6 Å². The maximum absolute atomic E-state index is 13.8. The lowest BCUT2D eigenvalue weighted by atomic mass is 9.99. The van der Waals surface area contributed by atoms with Crippen molar-refractivity contribution >= 4 is 29.6 Å². The Morgan fingerprint density at radius 3 is 2.38 bits per heavy atom. The molecular formula is C31H33N3O6. The van der Waals surface area contributed by atoms with Crippen molar-refractivity contribution in [2.75, 3.05) is 4.90 Å². The van der Waals surface area contributed by atoms with Crippen LogP contribution < -0.4 is 20.3 Å². The first-order valence-electron chi connectivity index (χ1n) is 13.1. The molecule has 9 heteroatoms. The maximum Gasteiger partial charge on any atom is 0.405 e. The topological polar surface area (TPSA) is 125 Å². The molecule has 4 rings (SSSR count). The van der Waals surface area contributed by atoms with Gasteiger partial charge in [-0.3, -0.25) is 14.4 Å². The minimum Gasteiger partial charge on any atom is -0.465 e. The molecule has 208 valence electrons. The Hall–Kier alpha value is -4.66. The second kappa shape index (κ2) is 12.0. The summed E-state index contributed by atoms with van der Waals surface area (Å²) < 4.78 is 5.35. The number of carboxylic acid groups (broad SMARTS) is 1. The zero-order chi connectivity index (χ0) is 28.9. The van der Waals surface area contributed by atoms with Gasteiger partial charge in [-0.05, 0) is 55.5 Å². The second-order valence-electron chi connectivity index (χ2n) is 10.5. The van der Waals surface area contributed by atoms with E-state index in [0.29, 0.717) is 25.1 Å². The molecule has 3 aromatic rings. The van der Waals surface area contributed by atoms with Crippen molar-refractivity contribution in [1.82, 2.24) is 10.6 Å². The summed E-state index contributed by atoms with van der Waals surface area (Å²) in [6.07, 6.45) is -0.291. The van der Waals surface area contributed by atoms with Crippen molar-refractivity contribution in [3.05, 3.63) is 83.9 Å². The van der Waals surface area contributed by atoms with Crippen molar-refractivity contribution in [1.29, 1.82) is 0 Å². The molecule has 3 amide bonds. The summed E-state index contributed by atoms with van der Waals surface area (Å²) in [6, 6.07) is 21.9. The van der Waals surface area contributed by atoms with Crippen LogP contribution in [0.1, 0.15) is 44.7 Å². The fourth-order valence-electron chi connectivity index (χ4n) is 4.91. The van der Waals surface area contributed by atoms with E-state index in [-0.39, 0.29) is 12.3 Å². The van der Waals surface area contributed by atoms with Crippen LogP contribution >= 0.6 is 0 Å². The van der Waals surface area contributed by atoms with Gasteiger partial charge in [-0.25, -0.2) is 4.79 Å². The van der Waals surface area contributed by atoms with Gasteiger partial charge in [-0.2, -0.15) is 0 Å². The first kappa shape index (κ1) is 28.4. The fourth-order valence-corrected chi connectivity index (χ4v) is 4.91. The number of hydrogen-bond donors (Lipinski definition) is 3. The highest BCUT2D eigenvalue weighted by atomic mass is 16.5. The van der Waals surface area contributed by atoms with Gasteiger partial charge in [0.25, 0.3) is 0 Å². The van der Waals surface area contributed by atoms with E-state index in [4.69, 9.17) is 9.84 Å². The number of hydrogen-bond acceptors (Lipinski definition) is 5. The van der Waals surface area contributed by atoms with Crippen LogP contribution in [0, 0.1) is 0 Å². The largest absolute Gasteiger partial charge is 0.465 e. The summed E-state index contributed by atoms with van der Waals surface area (Å²) in [4.78, 5) is 50.9. The Bertz CT molecular complexity index is 1420. The van der Waals surface area contributed by atoms with Crippen molar-refractivity contribution in [3.8, 4) is 16.9 Å². The number of nitrogens with zero attached hydrogens (tertiary/aromatic N) is 1. The molecule has 9 nitrogen and oxygen atoms in total. The third-order valence-corrected chi connectivity index (χ3v) is 6.68. The molecule has 40 heavy (non-hydrogen) atoms. The summed E-state index contributed by atoms with van der Waals surface area (Å²) in [5.41, 5.74) is 3.35. The molecule has 3 aromatic carbocycles. The standard InChI is InChI=1S/C31H33N3O6/c1-20(35)40-27-11-7-5-9-24(27)22-14-12-21(13-15-22)19-34-26-10-6-4-8-23(26)16-17-25(29(34)37)32-28(36)18-31(2,3)33-30(38)39/h4-15,25,33H,16-19H2,1-3H3,(H,32,36)(H,38,39)/t25-/m1/s1. The SMILES string of the molecule is CC(=O)Oc1ccccc1-c1ccc(CN2C(=O)[C@H](NC(=O)CC(C)(C)NC(=O)O)CCc3ccccc32)cc1. The van der Waals surface area contributed by atoms with Gasteiger partial charge in [-0.15, -0.1) is 0 Å². The van der Waals surface area contributed by atoms with Gasteiger partial charge in [0.05, 0.1) is 6.54 Å². The highest BCUT2D eigenvalue weighted by Gasteiger charge is 2.33. The molecule has 0 aromatic heterocycles. The zero-order valence-electron chi connectivity index (χ0n) is 22.8. The molecule has 0 bridgehead atoms. The van der Waals surface area contributed by atoms with Gasteiger partial charge < -0.3 is 25.4 Å². The molecule has 0 unspecified atom stereocenters. The number of carbonyl (C=O) groups is 4. The number of esters is 1. The van der Waals surface area contributed by atoms with E-state index in [1.54, 1.807) is 30.9 Å². The predicted molar refractivity (Wildman–Crippen MR) is 151 cm³/mol. The van der Waals surface area contributed by atoms with Crippen LogP contribution in [0.25, 0.3) is 11.1 Å². The van der Waals surface area contributed by atoms with E-state index in [1.807, 2.05) is 60.7 Å². The van der Waals surface area contributed by atoms with Crippen molar-refractivity contribution < 1.29 is 29.0 Å². The summed E-state index contributed by atoms with van der Waals surface area (Å²) in [5.74, 6) is -0.559. The Morgan fingerprint density at radius 1 is 1.00 bits per heavy atom. The average Bonchev–Trinajstić information content (AvgIpc) is 3.00. The van der Waals surface area contributed by atoms with Crippen LogP contribution in [0.3, 0.4) is 0 Å². The zero-order valence-corrected chi connectivity index (χ0v) is 22.8. The van der Waals surface area contributed by atoms with Crippen molar-refractivity contribution in [2.45, 2.75) is 58.2 Å². The number of para-hydroxylation sites is 2. The molecular weight excluding hydrogens is 510 g/mol. The minimum atomic E-state index is -1.22. The summed E-state index contributed by atoms with van der Waals surface area (Å²) in [5, 5.41) is 14.2. The number of amides is 3. The van der Waals surface area contributed by atoms with Gasteiger partial charge in [0, 0.05) is 30.1 Å². The number of benzene rings is 3. The second-order valence-corrected chi connectivity index (χ2v) is 10.5. The van der Waals surface area contributed by atoms with Crippen LogP contribution in [0.15, 0.2) is 72.8 Å². The number of ether oxygens (including phenoxy) is 1. The number of aryl methyl sites for hydroxylation is 1. The molecule has 0 fully saturated rings. The van der Waals surface area contributed by atoms with Gasteiger partial charge in [0.2, 0.25) is 11.8 Å². The highest BCUT2D eigenvalue weighted by Crippen LogP contribution is 2.32. The quantitative estimate of drug-likeness (QED) is 0.280. The Morgan fingerprint density at radius 2 is 1.68 bits per heavy atom. The van der Waals surface area contributed by atoms with Crippen LogP contribution in [0.2, 0.25) is 0 Å².